The fraction of sp³-hybridized carbons (Fsp3) is 0.467. The number of anilines is 1. The highest BCUT2D eigenvalue weighted by Crippen LogP contribution is 2.37. The number of hydrogen-bond acceptors (Lipinski definition) is 3. The Labute approximate surface area is 114 Å². The Balaban J connectivity index is 2.00. The van der Waals surface area contributed by atoms with Gasteiger partial charge in [0, 0.05) is 31.0 Å². The Hall–Kier alpha value is -1.84. The predicted molar refractivity (Wildman–Crippen MR) is 76.2 cm³/mol. The first kappa shape index (κ1) is 12.2. The molecule has 4 nitrogen and oxygen atoms in total. The van der Waals surface area contributed by atoms with Gasteiger partial charge in [-0.2, -0.15) is 5.10 Å². The van der Waals surface area contributed by atoms with Crippen molar-refractivity contribution in [2.75, 3.05) is 11.4 Å². The van der Waals surface area contributed by atoms with E-state index < -0.39 is 0 Å². The van der Waals surface area contributed by atoms with E-state index in [1.807, 2.05) is 24.0 Å². The summed E-state index contributed by atoms with van der Waals surface area (Å²) in [5.41, 5.74) is 3.80. The first-order valence-electron chi connectivity index (χ1n) is 6.86. The van der Waals surface area contributed by atoms with Crippen LogP contribution in [0.5, 0.6) is 0 Å². The monoisotopic (exact) mass is 256 g/mol. The van der Waals surface area contributed by atoms with E-state index in [0.29, 0.717) is 6.04 Å². The van der Waals surface area contributed by atoms with Crippen LogP contribution in [0.1, 0.15) is 35.8 Å². The normalized spacial score (nSPS) is 19.1. The topological polar surface area (TPSA) is 34.0 Å². The summed E-state index contributed by atoms with van der Waals surface area (Å²) < 4.78 is 1.99. The summed E-state index contributed by atoms with van der Waals surface area (Å²) in [4.78, 5) is 6.92. The molecule has 1 aliphatic rings. The van der Waals surface area contributed by atoms with Crippen LogP contribution in [0.4, 0.5) is 5.82 Å². The van der Waals surface area contributed by atoms with E-state index in [0.717, 1.165) is 18.1 Å². The molecule has 3 rings (SSSR count). The van der Waals surface area contributed by atoms with Gasteiger partial charge in [-0.05, 0) is 38.8 Å². The summed E-state index contributed by atoms with van der Waals surface area (Å²) in [6, 6.07) is 6.54. The summed E-state index contributed by atoms with van der Waals surface area (Å²) in [5.74, 6) is 1.08. The molecule has 1 unspecified atom stereocenters. The quantitative estimate of drug-likeness (QED) is 0.828. The van der Waals surface area contributed by atoms with Crippen LogP contribution in [0.25, 0.3) is 0 Å². The molecular weight excluding hydrogens is 236 g/mol. The Morgan fingerprint density at radius 3 is 2.74 bits per heavy atom. The number of pyridine rings is 1. The third-order valence-electron chi connectivity index (χ3n) is 4.09. The van der Waals surface area contributed by atoms with E-state index in [2.05, 4.69) is 41.0 Å². The van der Waals surface area contributed by atoms with Gasteiger partial charge in [0.2, 0.25) is 0 Å². The lowest BCUT2D eigenvalue weighted by atomic mass is 10.0. The van der Waals surface area contributed by atoms with Gasteiger partial charge in [-0.25, -0.2) is 4.98 Å². The standard InChI is InChI=1S/C15H20N4/c1-11-15(12(2)18(3)17-11)13-7-6-10-19(13)14-8-4-5-9-16-14/h4-5,8-9,13H,6-7,10H2,1-3H3. The van der Waals surface area contributed by atoms with E-state index in [1.54, 1.807) is 0 Å². The molecule has 4 heteroatoms. The molecular formula is C15H20N4. The predicted octanol–water partition coefficient (Wildman–Crippen LogP) is 2.77. The zero-order valence-corrected chi connectivity index (χ0v) is 11.8. The lowest BCUT2D eigenvalue weighted by Gasteiger charge is -2.26. The molecule has 0 spiro atoms. The van der Waals surface area contributed by atoms with Gasteiger partial charge in [0.1, 0.15) is 5.82 Å². The minimum Gasteiger partial charge on any atom is -0.349 e. The molecule has 0 radical (unpaired) electrons. The van der Waals surface area contributed by atoms with E-state index >= 15 is 0 Å². The summed E-state index contributed by atoms with van der Waals surface area (Å²) >= 11 is 0. The molecule has 0 N–H and O–H groups in total. The second-order valence-electron chi connectivity index (χ2n) is 5.25. The van der Waals surface area contributed by atoms with Crippen molar-refractivity contribution in [3.63, 3.8) is 0 Å². The minimum atomic E-state index is 0.420. The van der Waals surface area contributed by atoms with Crippen LogP contribution in [-0.2, 0) is 7.05 Å². The van der Waals surface area contributed by atoms with Crippen LogP contribution in [-0.4, -0.2) is 21.3 Å². The van der Waals surface area contributed by atoms with Gasteiger partial charge in [-0.3, -0.25) is 4.68 Å². The molecule has 1 fully saturated rings. The van der Waals surface area contributed by atoms with Gasteiger partial charge >= 0.3 is 0 Å². The molecule has 1 atom stereocenters. The van der Waals surface area contributed by atoms with Gasteiger partial charge < -0.3 is 4.90 Å². The first-order valence-corrected chi connectivity index (χ1v) is 6.86. The average Bonchev–Trinajstić information content (AvgIpc) is 2.97. The van der Waals surface area contributed by atoms with Crippen LogP contribution in [0.3, 0.4) is 0 Å². The van der Waals surface area contributed by atoms with Crippen molar-refractivity contribution in [1.29, 1.82) is 0 Å². The molecule has 0 saturated carbocycles. The van der Waals surface area contributed by atoms with E-state index in [9.17, 15) is 0 Å². The number of rotatable bonds is 2. The molecule has 0 aliphatic carbocycles. The lowest BCUT2D eigenvalue weighted by Crippen LogP contribution is -2.24. The highest BCUT2D eigenvalue weighted by Gasteiger charge is 2.30. The van der Waals surface area contributed by atoms with Crippen LogP contribution in [0, 0.1) is 13.8 Å². The molecule has 19 heavy (non-hydrogen) atoms. The molecule has 3 heterocycles. The maximum atomic E-state index is 4.55. The van der Waals surface area contributed by atoms with Crippen LogP contribution in [0.2, 0.25) is 0 Å². The third-order valence-corrected chi connectivity index (χ3v) is 4.09. The summed E-state index contributed by atoms with van der Waals surface area (Å²) in [6.45, 7) is 5.34. The van der Waals surface area contributed by atoms with Crippen molar-refractivity contribution in [2.24, 2.45) is 7.05 Å². The summed E-state index contributed by atoms with van der Waals surface area (Å²) in [6.07, 6.45) is 4.27. The van der Waals surface area contributed by atoms with E-state index in [1.165, 1.54) is 24.1 Å². The van der Waals surface area contributed by atoms with Gasteiger partial charge in [0.15, 0.2) is 0 Å². The van der Waals surface area contributed by atoms with Gasteiger partial charge in [-0.1, -0.05) is 6.07 Å². The zero-order chi connectivity index (χ0) is 13.4. The maximum Gasteiger partial charge on any atom is 0.128 e. The van der Waals surface area contributed by atoms with Crippen molar-refractivity contribution < 1.29 is 0 Å². The number of aromatic nitrogens is 3. The van der Waals surface area contributed by atoms with Crippen molar-refractivity contribution in [1.82, 2.24) is 14.8 Å². The molecule has 100 valence electrons. The molecule has 0 amide bonds. The number of aryl methyl sites for hydroxylation is 2. The Morgan fingerprint density at radius 2 is 2.11 bits per heavy atom. The molecule has 0 bridgehead atoms. The minimum absolute atomic E-state index is 0.420. The molecule has 0 aromatic carbocycles. The largest absolute Gasteiger partial charge is 0.349 e. The smallest absolute Gasteiger partial charge is 0.128 e. The van der Waals surface area contributed by atoms with Gasteiger partial charge in [-0.15, -0.1) is 0 Å². The average molecular weight is 256 g/mol. The molecule has 1 saturated heterocycles. The van der Waals surface area contributed by atoms with Crippen LogP contribution < -0.4 is 4.90 Å². The van der Waals surface area contributed by atoms with Crippen LogP contribution in [0.15, 0.2) is 24.4 Å². The SMILES string of the molecule is Cc1nn(C)c(C)c1C1CCCN1c1ccccn1. The maximum absolute atomic E-state index is 4.55. The van der Waals surface area contributed by atoms with Crippen LogP contribution >= 0.6 is 0 Å². The third kappa shape index (κ3) is 2.01. The summed E-state index contributed by atoms with van der Waals surface area (Å²) in [5, 5.41) is 4.55. The van der Waals surface area contributed by atoms with Crippen molar-refractivity contribution in [3.8, 4) is 0 Å². The van der Waals surface area contributed by atoms with Gasteiger partial charge in [0.25, 0.3) is 0 Å². The Bertz CT molecular complexity index is 573. The van der Waals surface area contributed by atoms with Crippen molar-refractivity contribution in [2.45, 2.75) is 32.7 Å². The fourth-order valence-electron chi connectivity index (χ4n) is 3.14. The Kier molecular flexibility index (Phi) is 3.01. The zero-order valence-electron chi connectivity index (χ0n) is 11.8. The van der Waals surface area contributed by atoms with Gasteiger partial charge in [0.05, 0.1) is 11.7 Å². The fourth-order valence-corrected chi connectivity index (χ4v) is 3.14. The Morgan fingerprint density at radius 1 is 1.26 bits per heavy atom. The van der Waals surface area contributed by atoms with E-state index in [4.69, 9.17) is 0 Å². The highest BCUT2D eigenvalue weighted by atomic mass is 15.3. The molecule has 2 aromatic heterocycles. The number of hydrogen-bond donors (Lipinski definition) is 0. The van der Waals surface area contributed by atoms with E-state index in [-0.39, 0.29) is 0 Å². The van der Waals surface area contributed by atoms with Crippen molar-refractivity contribution in [3.05, 3.63) is 41.3 Å². The first-order chi connectivity index (χ1) is 9.18. The highest BCUT2D eigenvalue weighted by molar-refractivity contribution is 5.45. The second kappa shape index (κ2) is 4.68. The molecule has 2 aromatic rings. The summed E-state index contributed by atoms with van der Waals surface area (Å²) in [7, 11) is 2.02. The van der Waals surface area contributed by atoms with Crippen molar-refractivity contribution >= 4 is 5.82 Å². The molecule has 1 aliphatic heterocycles. The lowest BCUT2D eigenvalue weighted by molar-refractivity contribution is 0.693. The number of nitrogens with zero attached hydrogens (tertiary/aromatic N) is 4. The second-order valence-corrected chi connectivity index (χ2v) is 5.25.